The third-order valence-electron chi connectivity index (χ3n) is 3.40. The molecule has 0 unspecified atom stereocenters. The second-order valence-corrected chi connectivity index (χ2v) is 4.80. The van der Waals surface area contributed by atoms with Gasteiger partial charge in [0.15, 0.2) is 0 Å². The molecule has 0 atom stereocenters. The standard InChI is InChI=1S/C14H21FN2O/c1-2-3-16-4-6-17(7-5-16)14-9-12(11-18)8-13(15)10-14/h8-10,18H,2-7,11H2,1H3. The van der Waals surface area contributed by atoms with Gasteiger partial charge in [0.2, 0.25) is 0 Å². The fraction of sp³-hybridized carbons (Fsp3) is 0.571. The molecule has 4 heteroatoms. The van der Waals surface area contributed by atoms with Gasteiger partial charge in [0.25, 0.3) is 0 Å². The Labute approximate surface area is 108 Å². The van der Waals surface area contributed by atoms with E-state index in [4.69, 9.17) is 5.11 Å². The lowest BCUT2D eigenvalue weighted by Crippen LogP contribution is -2.46. The van der Waals surface area contributed by atoms with Crippen LogP contribution in [0.15, 0.2) is 18.2 Å². The first-order valence-electron chi connectivity index (χ1n) is 6.60. The maximum absolute atomic E-state index is 13.4. The van der Waals surface area contributed by atoms with Gasteiger partial charge in [0.1, 0.15) is 5.82 Å². The van der Waals surface area contributed by atoms with Crippen molar-refractivity contribution in [1.29, 1.82) is 0 Å². The molecule has 1 fully saturated rings. The lowest BCUT2D eigenvalue weighted by Gasteiger charge is -2.36. The van der Waals surface area contributed by atoms with Crippen LogP contribution in [-0.4, -0.2) is 42.7 Å². The van der Waals surface area contributed by atoms with E-state index in [1.165, 1.54) is 12.5 Å². The third kappa shape index (κ3) is 3.21. The van der Waals surface area contributed by atoms with Gasteiger partial charge in [-0.25, -0.2) is 4.39 Å². The average molecular weight is 252 g/mol. The molecule has 18 heavy (non-hydrogen) atoms. The van der Waals surface area contributed by atoms with Crippen molar-refractivity contribution in [1.82, 2.24) is 4.90 Å². The zero-order valence-electron chi connectivity index (χ0n) is 10.9. The molecule has 1 aromatic rings. The summed E-state index contributed by atoms with van der Waals surface area (Å²) >= 11 is 0. The van der Waals surface area contributed by atoms with Gasteiger partial charge in [0, 0.05) is 31.9 Å². The molecule has 0 aromatic heterocycles. The van der Waals surface area contributed by atoms with Crippen LogP contribution < -0.4 is 4.90 Å². The predicted octanol–water partition coefficient (Wildman–Crippen LogP) is 1.85. The molecule has 1 aromatic carbocycles. The third-order valence-corrected chi connectivity index (χ3v) is 3.40. The second-order valence-electron chi connectivity index (χ2n) is 4.80. The molecular weight excluding hydrogens is 231 g/mol. The van der Waals surface area contributed by atoms with E-state index < -0.39 is 0 Å². The first-order valence-corrected chi connectivity index (χ1v) is 6.60. The Morgan fingerprint density at radius 1 is 1.17 bits per heavy atom. The SMILES string of the molecule is CCCN1CCN(c2cc(F)cc(CO)c2)CC1. The fourth-order valence-corrected chi connectivity index (χ4v) is 2.45. The minimum Gasteiger partial charge on any atom is -0.392 e. The highest BCUT2D eigenvalue weighted by Gasteiger charge is 2.17. The number of aliphatic hydroxyl groups excluding tert-OH is 1. The van der Waals surface area contributed by atoms with Crippen molar-refractivity contribution >= 4 is 5.69 Å². The summed E-state index contributed by atoms with van der Waals surface area (Å²) in [6.45, 7) is 7.12. The van der Waals surface area contributed by atoms with E-state index in [1.807, 2.05) is 6.07 Å². The van der Waals surface area contributed by atoms with Crippen LogP contribution in [0.5, 0.6) is 0 Å². The Morgan fingerprint density at radius 2 is 1.89 bits per heavy atom. The van der Waals surface area contributed by atoms with Gasteiger partial charge in [0.05, 0.1) is 6.61 Å². The Bertz CT molecular complexity index is 389. The number of aliphatic hydroxyl groups is 1. The van der Waals surface area contributed by atoms with Crippen molar-refractivity contribution in [3.05, 3.63) is 29.6 Å². The van der Waals surface area contributed by atoms with Crippen molar-refractivity contribution in [2.75, 3.05) is 37.6 Å². The molecule has 0 spiro atoms. The monoisotopic (exact) mass is 252 g/mol. The van der Waals surface area contributed by atoms with Crippen molar-refractivity contribution < 1.29 is 9.50 Å². The summed E-state index contributed by atoms with van der Waals surface area (Å²) < 4.78 is 13.4. The van der Waals surface area contributed by atoms with Crippen LogP contribution in [0.25, 0.3) is 0 Å². The quantitative estimate of drug-likeness (QED) is 0.886. The summed E-state index contributed by atoms with van der Waals surface area (Å²) in [6.07, 6.45) is 1.18. The van der Waals surface area contributed by atoms with Gasteiger partial charge >= 0.3 is 0 Å². The normalized spacial score (nSPS) is 17.2. The molecule has 1 aliphatic rings. The molecule has 0 saturated carbocycles. The summed E-state index contributed by atoms with van der Waals surface area (Å²) in [5.41, 5.74) is 1.52. The zero-order valence-corrected chi connectivity index (χ0v) is 10.9. The highest BCUT2D eigenvalue weighted by Crippen LogP contribution is 2.20. The van der Waals surface area contributed by atoms with Gasteiger partial charge in [-0.15, -0.1) is 0 Å². The van der Waals surface area contributed by atoms with Crippen LogP contribution in [0.1, 0.15) is 18.9 Å². The van der Waals surface area contributed by atoms with Gasteiger partial charge in [-0.3, -0.25) is 4.90 Å². The van der Waals surface area contributed by atoms with Crippen LogP contribution in [-0.2, 0) is 6.61 Å². The molecule has 3 nitrogen and oxygen atoms in total. The van der Waals surface area contributed by atoms with E-state index in [9.17, 15) is 4.39 Å². The van der Waals surface area contributed by atoms with Crippen LogP contribution in [0.2, 0.25) is 0 Å². The summed E-state index contributed by atoms with van der Waals surface area (Å²) in [7, 11) is 0. The Balaban J connectivity index is 2.02. The lowest BCUT2D eigenvalue weighted by atomic mass is 10.1. The molecule has 0 radical (unpaired) electrons. The molecule has 1 N–H and O–H groups in total. The number of benzene rings is 1. The number of nitrogens with zero attached hydrogens (tertiary/aromatic N) is 2. The van der Waals surface area contributed by atoms with Crippen molar-refractivity contribution in [2.24, 2.45) is 0 Å². The fourth-order valence-electron chi connectivity index (χ4n) is 2.45. The van der Waals surface area contributed by atoms with Gasteiger partial charge in [-0.2, -0.15) is 0 Å². The van der Waals surface area contributed by atoms with Crippen LogP contribution >= 0.6 is 0 Å². The number of anilines is 1. The van der Waals surface area contributed by atoms with Gasteiger partial charge < -0.3 is 10.0 Å². The number of hydrogen-bond donors (Lipinski definition) is 1. The van der Waals surface area contributed by atoms with E-state index in [2.05, 4.69) is 16.7 Å². The minimum absolute atomic E-state index is 0.111. The van der Waals surface area contributed by atoms with Crippen LogP contribution in [0, 0.1) is 5.82 Å². The smallest absolute Gasteiger partial charge is 0.125 e. The van der Waals surface area contributed by atoms with Crippen LogP contribution in [0.4, 0.5) is 10.1 Å². The van der Waals surface area contributed by atoms with E-state index in [1.54, 1.807) is 6.07 Å². The Hall–Kier alpha value is -1.13. The number of halogens is 1. The minimum atomic E-state index is -0.271. The van der Waals surface area contributed by atoms with E-state index in [-0.39, 0.29) is 12.4 Å². The Kier molecular flexibility index (Phi) is 4.55. The molecule has 0 bridgehead atoms. The zero-order chi connectivity index (χ0) is 13.0. The topological polar surface area (TPSA) is 26.7 Å². The summed E-state index contributed by atoms with van der Waals surface area (Å²) in [5.74, 6) is -0.271. The average Bonchev–Trinajstić information content (AvgIpc) is 2.39. The number of piperazine rings is 1. The molecule has 2 rings (SSSR count). The first-order chi connectivity index (χ1) is 8.72. The summed E-state index contributed by atoms with van der Waals surface area (Å²) in [5, 5.41) is 9.10. The largest absolute Gasteiger partial charge is 0.392 e. The highest BCUT2D eigenvalue weighted by atomic mass is 19.1. The summed E-state index contributed by atoms with van der Waals surface area (Å²) in [6, 6.07) is 4.81. The highest BCUT2D eigenvalue weighted by molar-refractivity contribution is 5.49. The Morgan fingerprint density at radius 3 is 2.50 bits per heavy atom. The molecule has 1 heterocycles. The van der Waals surface area contributed by atoms with Crippen molar-refractivity contribution in [3.63, 3.8) is 0 Å². The van der Waals surface area contributed by atoms with Crippen molar-refractivity contribution in [2.45, 2.75) is 20.0 Å². The van der Waals surface area contributed by atoms with E-state index in [0.717, 1.165) is 38.4 Å². The molecular formula is C14H21FN2O. The lowest BCUT2D eigenvalue weighted by molar-refractivity contribution is 0.258. The van der Waals surface area contributed by atoms with E-state index in [0.29, 0.717) is 5.56 Å². The molecule has 1 aliphatic heterocycles. The molecule has 0 amide bonds. The first kappa shape index (κ1) is 13.3. The molecule has 0 aliphatic carbocycles. The second kappa shape index (κ2) is 6.16. The molecule has 100 valence electrons. The van der Waals surface area contributed by atoms with Gasteiger partial charge in [-0.05, 0) is 36.7 Å². The predicted molar refractivity (Wildman–Crippen MR) is 71.3 cm³/mol. The number of hydrogen-bond acceptors (Lipinski definition) is 3. The molecule has 1 saturated heterocycles. The van der Waals surface area contributed by atoms with Crippen LogP contribution in [0.3, 0.4) is 0 Å². The number of rotatable bonds is 4. The summed E-state index contributed by atoms with van der Waals surface area (Å²) in [4.78, 5) is 4.62. The van der Waals surface area contributed by atoms with E-state index >= 15 is 0 Å². The maximum atomic E-state index is 13.4. The van der Waals surface area contributed by atoms with Gasteiger partial charge in [-0.1, -0.05) is 6.92 Å². The maximum Gasteiger partial charge on any atom is 0.125 e. The van der Waals surface area contributed by atoms with Crippen molar-refractivity contribution in [3.8, 4) is 0 Å².